The van der Waals surface area contributed by atoms with E-state index in [1.54, 1.807) is 0 Å². The maximum atomic E-state index is 12.8. The molecule has 1 aromatic carbocycles. The number of carbonyl (C=O) groups excluding carboxylic acids is 1. The van der Waals surface area contributed by atoms with Crippen LogP contribution in [0.2, 0.25) is 0 Å². The first-order valence-electron chi connectivity index (χ1n) is 8.72. The van der Waals surface area contributed by atoms with E-state index in [1.807, 2.05) is 0 Å². The third-order valence-corrected chi connectivity index (χ3v) is 5.85. The number of ketones is 1. The Morgan fingerprint density at radius 1 is 0.952 bits per heavy atom. The fourth-order valence-corrected chi connectivity index (χ4v) is 4.37. The Kier molecular flexibility index (Phi) is 4.19. The molecule has 0 radical (unpaired) electrons. The Balaban J connectivity index is 1.73. The van der Waals surface area contributed by atoms with Crippen LogP contribution in [0.25, 0.3) is 0 Å². The average Bonchev–Trinajstić information content (AvgIpc) is 2.87. The molecule has 3 rings (SSSR count). The standard InChI is InChI=1S/C20H28O/c1-20(2)14-6-9-18(20)19(21)17-12-10-16(11-13-17)15-7-4-3-5-8-15/h10-13,15,18H,3-9,14H2,1-2H3. The number of carbonyl (C=O) groups is 1. The minimum atomic E-state index is 0.180. The van der Waals surface area contributed by atoms with Crippen LogP contribution in [0.1, 0.15) is 87.1 Å². The molecule has 0 bridgehead atoms. The summed E-state index contributed by atoms with van der Waals surface area (Å²) in [5.74, 6) is 1.32. The quantitative estimate of drug-likeness (QED) is 0.646. The van der Waals surface area contributed by atoms with Gasteiger partial charge in [0.1, 0.15) is 0 Å². The van der Waals surface area contributed by atoms with E-state index < -0.39 is 0 Å². The molecule has 0 aliphatic heterocycles. The number of hydrogen-bond donors (Lipinski definition) is 0. The van der Waals surface area contributed by atoms with Crippen molar-refractivity contribution in [1.82, 2.24) is 0 Å². The van der Waals surface area contributed by atoms with Gasteiger partial charge in [-0.2, -0.15) is 0 Å². The molecular weight excluding hydrogens is 256 g/mol. The Morgan fingerprint density at radius 2 is 1.62 bits per heavy atom. The van der Waals surface area contributed by atoms with Crippen LogP contribution in [-0.2, 0) is 0 Å². The highest BCUT2D eigenvalue weighted by Crippen LogP contribution is 2.44. The summed E-state index contributed by atoms with van der Waals surface area (Å²) in [5.41, 5.74) is 2.55. The van der Waals surface area contributed by atoms with Gasteiger partial charge >= 0.3 is 0 Å². The Labute approximate surface area is 129 Å². The first kappa shape index (κ1) is 14.8. The lowest BCUT2D eigenvalue weighted by molar-refractivity contribution is 0.0839. The summed E-state index contributed by atoms with van der Waals surface area (Å²) in [6.45, 7) is 4.50. The number of Topliss-reactive ketones (excluding diaryl/α,β-unsaturated/α-hetero) is 1. The van der Waals surface area contributed by atoms with Gasteiger partial charge in [-0.05, 0) is 42.6 Å². The molecule has 0 aromatic heterocycles. The first-order chi connectivity index (χ1) is 10.1. The van der Waals surface area contributed by atoms with Gasteiger partial charge in [-0.1, -0.05) is 63.8 Å². The van der Waals surface area contributed by atoms with E-state index in [9.17, 15) is 4.79 Å². The van der Waals surface area contributed by atoms with E-state index in [4.69, 9.17) is 0 Å². The topological polar surface area (TPSA) is 17.1 Å². The van der Waals surface area contributed by atoms with Crippen LogP contribution in [0.15, 0.2) is 24.3 Å². The van der Waals surface area contributed by atoms with Gasteiger partial charge in [0.25, 0.3) is 0 Å². The molecule has 2 fully saturated rings. The summed E-state index contributed by atoms with van der Waals surface area (Å²) >= 11 is 0. The minimum Gasteiger partial charge on any atom is -0.294 e. The van der Waals surface area contributed by atoms with E-state index in [0.717, 1.165) is 17.9 Å². The number of hydrogen-bond acceptors (Lipinski definition) is 1. The maximum absolute atomic E-state index is 12.8. The van der Waals surface area contributed by atoms with Gasteiger partial charge in [0.2, 0.25) is 0 Å². The van der Waals surface area contributed by atoms with Crippen molar-refractivity contribution in [3.8, 4) is 0 Å². The van der Waals surface area contributed by atoms with Crippen LogP contribution in [0.5, 0.6) is 0 Å². The molecule has 1 atom stereocenters. The summed E-state index contributed by atoms with van der Waals surface area (Å²) in [4.78, 5) is 12.8. The van der Waals surface area contributed by atoms with Crippen LogP contribution in [0.3, 0.4) is 0 Å². The van der Waals surface area contributed by atoms with E-state index in [1.165, 1.54) is 50.5 Å². The van der Waals surface area contributed by atoms with Crippen molar-refractivity contribution < 1.29 is 4.79 Å². The molecule has 0 heterocycles. The first-order valence-corrected chi connectivity index (χ1v) is 8.72. The molecule has 0 amide bonds. The Morgan fingerprint density at radius 3 is 2.19 bits per heavy atom. The summed E-state index contributed by atoms with van der Waals surface area (Å²) in [6, 6.07) is 8.59. The zero-order valence-electron chi connectivity index (χ0n) is 13.5. The second-order valence-electron chi connectivity index (χ2n) is 7.75. The lowest BCUT2D eigenvalue weighted by atomic mass is 9.77. The van der Waals surface area contributed by atoms with Crippen LogP contribution in [-0.4, -0.2) is 5.78 Å². The summed E-state index contributed by atoms with van der Waals surface area (Å²) in [6.07, 6.45) is 10.2. The van der Waals surface area contributed by atoms with Crippen molar-refractivity contribution in [3.05, 3.63) is 35.4 Å². The third-order valence-electron chi connectivity index (χ3n) is 5.85. The summed E-state index contributed by atoms with van der Waals surface area (Å²) in [5, 5.41) is 0. The van der Waals surface area contributed by atoms with Gasteiger partial charge < -0.3 is 0 Å². The average molecular weight is 284 g/mol. The molecule has 0 saturated heterocycles. The SMILES string of the molecule is CC1(C)CCCC1C(=O)c1ccc(C2CCCCC2)cc1. The highest BCUT2D eigenvalue weighted by Gasteiger charge is 2.39. The van der Waals surface area contributed by atoms with Gasteiger partial charge in [-0.25, -0.2) is 0 Å². The molecule has 2 saturated carbocycles. The second-order valence-corrected chi connectivity index (χ2v) is 7.75. The van der Waals surface area contributed by atoms with Crippen molar-refractivity contribution in [1.29, 1.82) is 0 Å². The van der Waals surface area contributed by atoms with Crippen LogP contribution >= 0.6 is 0 Å². The summed E-state index contributed by atoms with van der Waals surface area (Å²) in [7, 11) is 0. The van der Waals surface area contributed by atoms with E-state index >= 15 is 0 Å². The van der Waals surface area contributed by atoms with Gasteiger partial charge in [0, 0.05) is 11.5 Å². The lowest BCUT2D eigenvalue weighted by Crippen LogP contribution is -2.25. The second kappa shape index (κ2) is 5.94. The highest BCUT2D eigenvalue weighted by molar-refractivity contribution is 5.98. The molecule has 0 spiro atoms. The normalized spacial score (nSPS) is 25.9. The monoisotopic (exact) mass is 284 g/mol. The fraction of sp³-hybridized carbons (Fsp3) is 0.650. The van der Waals surface area contributed by atoms with E-state index in [-0.39, 0.29) is 11.3 Å². The molecule has 21 heavy (non-hydrogen) atoms. The van der Waals surface area contributed by atoms with Gasteiger partial charge in [-0.3, -0.25) is 4.79 Å². The molecule has 114 valence electrons. The molecule has 1 aromatic rings. The Bertz CT molecular complexity index is 491. The van der Waals surface area contributed by atoms with Crippen molar-refractivity contribution in [2.24, 2.45) is 11.3 Å². The van der Waals surface area contributed by atoms with Gasteiger partial charge in [-0.15, -0.1) is 0 Å². The molecule has 2 aliphatic rings. The molecule has 1 unspecified atom stereocenters. The summed E-state index contributed by atoms with van der Waals surface area (Å²) < 4.78 is 0. The van der Waals surface area contributed by atoms with Crippen molar-refractivity contribution in [3.63, 3.8) is 0 Å². The Hall–Kier alpha value is -1.11. The van der Waals surface area contributed by atoms with Gasteiger partial charge in [0.15, 0.2) is 5.78 Å². The molecule has 1 heteroatoms. The van der Waals surface area contributed by atoms with Crippen LogP contribution in [0.4, 0.5) is 0 Å². The minimum absolute atomic E-state index is 0.180. The predicted octanol–water partition coefficient (Wildman–Crippen LogP) is 5.74. The zero-order chi connectivity index (χ0) is 14.9. The molecule has 1 nitrogen and oxygen atoms in total. The van der Waals surface area contributed by atoms with E-state index in [2.05, 4.69) is 38.1 Å². The van der Waals surface area contributed by atoms with Crippen molar-refractivity contribution in [2.75, 3.05) is 0 Å². The van der Waals surface area contributed by atoms with Crippen molar-refractivity contribution in [2.45, 2.75) is 71.1 Å². The van der Waals surface area contributed by atoms with Crippen LogP contribution < -0.4 is 0 Å². The maximum Gasteiger partial charge on any atom is 0.166 e. The largest absolute Gasteiger partial charge is 0.294 e. The number of benzene rings is 1. The third kappa shape index (κ3) is 3.07. The smallest absolute Gasteiger partial charge is 0.166 e. The predicted molar refractivity (Wildman–Crippen MR) is 87.7 cm³/mol. The van der Waals surface area contributed by atoms with Crippen LogP contribution in [0, 0.1) is 11.3 Å². The molecular formula is C20H28O. The lowest BCUT2D eigenvalue weighted by Gasteiger charge is -2.26. The fourth-order valence-electron chi connectivity index (χ4n) is 4.37. The van der Waals surface area contributed by atoms with Crippen molar-refractivity contribution >= 4 is 5.78 Å². The van der Waals surface area contributed by atoms with E-state index in [0.29, 0.717) is 5.78 Å². The number of rotatable bonds is 3. The molecule has 0 N–H and O–H groups in total. The molecule has 2 aliphatic carbocycles. The highest BCUT2D eigenvalue weighted by atomic mass is 16.1. The van der Waals surface area contributed by atoms with Gasteiger partial charge in [0.05, 0.1) is 0 Å². The zero-order valence-corrected chi connectivity index (χ0v) is 13.5.